The number of carbonyl (C=O) groups excluding carboxylic acids is 1. The van der Waals surface area contributed by atoms with Crippen LogP contribution in [0, 0.1) is 20.8 Å². The number of rotatable bonds is 5. The van der Waals surface area contributed by atoms with Crippen LogP contribution in [0.4, 0.5) is 5.69 Å². The molecule has 1 amide bonds. The zero-order chi connectivity index (χ0) is 19.6. The van der Waals surface area contributed by atoms with Crippen LogP contribution in [0.5, 0.6) is 5.75 Å². The Balaban J connectivity index is 1.85. The molecule has 2 aromatic carbocycles. The summed E-state index contributed by atoms with van der Waals surface area (Å²) in [7, 11) is 3.58. The maximum atomic E-state index is 13.2. The highest BCUT2D eigenvalue weighted by atomic mass is 16.5. The highest BCUT2D eigenvalue weighted by Gasteiger charge is 2.22. The third-order valence-electron chi connectivity index (χ3n) is 5.32. The van der Waals surface area contributed by atoms with Crippen molar-refractivity contribution in [2.75, 3.05) is 32.1 Å². The van der Waals surface area contributed by atoms with Gasteiger partial charge in [0, 0.05) is 32.4 Å². The van der Waals surface area contributed by atoms with Crippen molar-refractivity contribution < 1.29 is 9.53 Å². The molecule has 144 valence electrons. The molecule has 0 atom stereocenters. The number of hydrogen-bond acceptors (Lipinski definition) is 3. The topological polar surface area (TPSA) is 32.8 Å². The number of aryl methyl sites for hydroxylation is 3. The molecule has 0 N–H and O–H groups in total. The molecule has 0 unspecified atom stereocenters. The number of nitrogens with zero attached hydrogens (tertiary/aromatic N) is 2. The number of ether oxygens (including phenoxy) is 1. The Kier molecular flexibility index (Phi) is 5.73. The number of anilines is 1. The number of hydrogen-bond donors (Lipinski definition) is 0. The lowest BCUT2D eigenvalue weighted by Gasteiger charge is -2.25. The van der Waals surface area contributed by atoms with Gasteiger partial charge in [-0.25, -0.2) is 0 Å². The van der Waals surface area contributed by atoms with E-state index in [1.165, 1.54) is 12.8 Å². The molecule has 1 fully saturated rings. The molecule has 1 saturated heterocycles. The quantitative estimate of drug-likeness (QED) is 0.781. The molecule has 0 radical (unpaired) electrons. The largest absolute Gasteiger partial charge is 0.496 e. The number of methoxy groups -OCH3 is 1. The fourth-order valence-corrected chi connectivity index (χ4v) is 4.06. The summed E-state index contributed by atoms with van der Waals surface area (Å²) in [6, 6.07) is 10.4. The molecule has 1 aliphatic heterocycles. The summed E-state index contributed by atoms with van der Waals surface area (Å²) >= 11 is 0. The van der Waals surface area contributed by atoms with Crippen molar-refractivity contribution in [3.63, 3.8) is 0 Å². The zero-order valence-corrected chi connectivity index (χ0v) is 17.1. The molecule has 27 heavy (non-hydrogen) atoms. The standard InChI is InChI=1S/C23H30N2O2/c1-16-8-9-21(25-10-6-7-11-25)20(12-16)23(26)24(4)15-19-13-17(2)22(27-5)18(3)14-19/h8-9,12-14H,6-7,10-11,15H2,1-5H3. The van der Waals surface area contributed by atoms with Gasteiger partial charge in [0.15, 0.2) is 0 Å². The van der Waals surface area contributed by atoms with Crippen LogP contribution in [-0.4, -0.2) is 38.1 Å². The van der Waals surface area contributed by atoms with Gasteiger partial charge in [0.05, 0.1) is 12.7 Å². The zero-order valence-electron chi connectivity index (χ0n) is 17.1. The van der Waals surface area contributed by atoms with E-state index in [9.17, 15) is 4.79 Å². The molecule has 4 nitrogen and oxygen atoms in total. The van der Waals surface area contributed by atoms with E-state index in [1.807, 2.05) is 38.8 Å². The fourth-order valence-electron chi connectivity index (χ4n) is 4.06. The van der Waals surface area contributed by atoms with Crippen LogP contribution in [0.2, 0.25) is 0 Å². The first kappa shape index (κ1) is 19.3. The smallest absolute Gasteiger partial charge is 0.256 e. The minimum absolute atomic E-state index is 0.0757. The van der Waals surface area contributed by atoms with Crippen LogP contribution in [0.15, 0.2) is 30.3 Å². The molecule has 2 aromatic rings. The van der Waals surface area contributed by atoms with Gasteiger partial charge in [-0.15, -0.1) is 0 Å². The summed E-state index contributed by atoms with van der Waals surface area (Å²) in [5, 5.41) is 0. The molecule has 1 aliphatic rings. The van der Waals surface area contributed by atoms with Crippen molar-refractivity contribution in [2.45, 2.75) is 40.2 Å². The lowest BCUT2D eigenvalue weighted by Crippen LogP contribution is -2.29. The fraction of sp³-hybridized carbons (Fsp3) is 0.435. The molecule has 4 heteroatoms. The lowest BCUT2D eigenvalue weighted by molar-refractivity contribution is 0.0785. The second-order valence-electron chi connectivity index (χ2n) is 7.64. The number of carbonyl (C=O) groups is 1. The predicted octanol–water partition coefficient (Wildman–Crippen LogP) is 4.49. The minimum Gasteiger partial charge on any atom is -0.496 e. The third kappa shape index (κ3) is 4.10. The van der Waals surface area contributed by atoms with E-state index < -0.39 is 0 Å². The summed E-state index contributed by atoms with van der Waals surface area (Å²) in [5.74, 6) is 0.995. The van der Waals surface area contributed by atoms with Crippen LogP contribution >= 0.6 is 0 Å². The van der Waals surface area contributed by atoms with Gasteiger partial charge in [-0.05, 0) is 62.4 Å². The maximum Gasteiger partial charge on any atom is 0.256 e. The van der Waals surface area contributed by atoms with E-state index in [0.29, 0.717) is 6.54 Å². The summed E-state index contributed by atoms with van der Waals surface area (Å²) < 4.78 is 5.45. The second kappa shape index (κ2) is 8.03. The van der Waals surface area contributed by atoms with Crippen LogP contribution in [0.1, 0.15) is 45.5 Å². The van der Waals surface area contributed by atoms with Gasteiger partial charge < -0.3 is 14.5 Å². The Hall–Kier alpha value is -2.49. The van der Waals surface area contributed by atoms with Gasteiger partial charge >= 0.3 is 0 Å². The molecule has 0 bridgehead atoms. The molecule has 0 aliphatic carbocycles. The predicted molar refractivity (Wildman–Crippen MR) is 111 cm³/mol. The average Bonchev–Trinajstić information content (AvgIpc) is 3.15. The third-order valence-corrected chi connectivity index (χ3v) is 5.32. The van der Waals surface area contributed by atoms with Crippen molar-refractivity contribution in [2.24, 2.45) is 0 Å². The van der Waals surface area contributed by atoms with E-state index in [4.69, 9.17) is 4.74 Å². The highest BCUT2D eigenvalue weighted by Crippen LogP contribution is 2.28. The van der Waals surface area contributed by atoms with Crippen molar-refractivity contribution >= 4 is 11.6 Å². The molecule has 0 aromatic heterocycles. The van der Waals surface area contributed by atoms with Gasteiger partial charge in [-0.1, -0.05) is 23.8 Å². The van der Waals surface area contributed by atoms with Gasteiger partial charge in [-0.3, -0.25) is 4.79 Å². The Morgan fingerprint density at radius 3 is 2.30 bits per heavy atom. The van der Waals surface area contributed by atoms with Crippen molar-refractivity contribution in [1.82, 2.24) is 4.90 Å². The number of amides is 1. The molecule has 1 heterocycles. The van der Waals surface area contributed by atoms with Crippen LogP contribution < -0.4 is 9.64 Å². The van der Waals surface area contributed by atoms with E-state index in [0.717, 1.165) is 52.3 Å². The van der Waals surface area contributed by atoms with E-state index in [2.05, 4.69) is 29.2 Å². The van der Waals surface area contributed by atoms with Crippen molar-refractivity contribution in [3.8, 4) is 5.75 Å². The second-order valence-corrected chi connectivity index (χ2v) is 7.64. The molecule has 0 saturated carbocycles. The Morgan fingerprint density at radius 2 is 1.70 bits per heavy atom. The van der Waals surface area contributed by atoms with E-state index >= 15 is 0 Å². The maximum absolute atomic E-state index is 13.2. The van der Waals surface area contributed by atoms with Crippen LogP contribution in [-0.2, 0) is 6.54 Å². The summed E-state index contributed by atoms with van der Waals surface area (Å²) in [5.41, 5.74) is 6.31. The number of benzene rings is 2. The monoisotopic (exact) mass is 366 g/mol. The van der Waals surface area contributed by atoms with Crippen molar-refractivity contribution in [3.05, 3.63) is 58.1 Å². The first-order valence-electron chi connectivity index (χ1n) is 9.66. The van der Waals surface area contributed by atoms with Gasteiger partial charge in [0.2, 0.25) is 0 Å². The molecular weight excluding hydrogens is 336 g/mol. The van der Waals surface area contributed by atoms with Crippen molar-refractivity contribution in [1.29, 1.82) is 0 Å². The highest BCUT2D eigenvalue weighted by molar-refractivity contribution is 6.00. The molecular formula is C23H30N2O2. The molecule has 0 spiro atoms. The SMILES string of the molecule is COc1c(C)cc(CN(C)C(=O)c2cc(C)ccc2N2CCCC2)cc1C. The summed E-state index contributed by atoms with van der Waals surface area (Å²) in [6.07, 6.45) is 2.39. The first-order valence-corrected chi connectivity index (χ1v) is 9.66. The summed E-state index contributed by atoms with van der Waals surface area (Å²) in [4.78, 5) is 17.4. The Labute approximate surface area is 162 Å². The van der Waals surface area contributed by atoms with Gasteiger partial charge in [0.1, 0.15) is 5.75 Å². The Bertz CT molecular complexity index is 815. The minimum atomic E-state index is 0.0757. The average molecular weight is 367 g/mol. The van der Waals surface area contributed by atoms with E-state index in [-0.39, 0.29) is 5.91 Å². The Morgan fingerprint density at radius 1 is 1.07 bits per heavy atom. The van der Waals surface area contributed by atoms with E-state index in [1.54, 1.807) is 7.11 Å². The first-order chi connectivity index (χ1) is 12.9. The normalized spacial score (nSPS) is 13.7. The van der Waals surface area contributed by atoms with Gasteiger partial charge in [-0.2, -0.15) is 0 Å². The lowest BCUT2D eigenvalue weighted by atomic mass is 10.0. The summed E-state index contributed by atoms with van der Waals surface area (Å²) in [6.45, 7) is 8.78. The molecule has 3 rings (SSSR count). The van der Waals surface area contributed by atoms with Crippen LogP contribution in [0.3, 0.4) is 0 Å². The van der Waals surface area contributed by atoms with Gasteiger partial charge in [0.25, 0.3) is 5.91 Å². The van der Waals surface area contributed by atoms with Crippen LogP contribution in [0.25, 0.3) is 0 Å².